The number of aliphatic hydroxyl groups excluding tert-OH is 1. The Labute approximate surface area is 127 Å². The molecule has 0 aromatic heterocycles. The van der Waals surface area contributed by atoms with Gasteiger partial charge in [-0.05, 0) is 32.1 Å². The maximum atomic E-state index is 12.9. The van der Waals surface area contributed by atoms with E-state index in [0.29, 0.717) is 6.54 Å². The number of hydrogen-bond acceptors (Lipinski definition) is 4. The lowest BCUT2D eigenvalue weighted by atomic mass is 9.46. The largest absolute Gasteiger partial charge is 0.396 e. The second-order valence-electron chi connectivity index (χ2n) is 7.14. The van der Waals surface area contributed by atoms with Gasteiger partial charge in [-0.1, -0.05) is 13.8 Å². The first-order valence-corrected chi connectivity index (χ1v) is 8.14. The molecule has 1 amide bonds. The second kappa shape index (κ2) is 6.23. The molecule has 2 rings (SSSR count). The molecule has 2 fully saturated rings. The fourth-order valence-electron chi connectivity index (χ4n) is 4.06. The standard InChI is InChI=1S/C16H30N2O3/c1-15(2)13-12(8-7-11-21-13)16(15,17)14(20)18(3)9-5-4-6-10-19/h12-13,19H,4-11,17H2,1-3H3. The number of nitrogens with zero attached hydrogens (tertiary/aromatic N) is 1. The Morgan fingerprint density at radius 3 is 2.76 bits per heavy atom. The van der Waals surface area contributed by atoms with Crippen LogP contribution in [0.4, 0.5) is 0 Å². The van der Waals surface area contributed by atoms with E-state index in [9.17, 15) is 4.79 Å². The van der Waals surface area contributed by atoms with Crippen molar-refractivity contribution in [3.8, 4) is 0 Å². The van der Waals surface area contributed by atoms with Gasteiger partial charge in [0.2, 0.25) is 5.91 Å². The number of hydrogen-bond donors (Lipinski definition) is 2. The van der Waals surface area contributed by atoms with Crippen molar-refractivity contribution in [1.82, 2.24) is 4.90 Å². The summed E-state index contributed by atoms with van der Waals surface area (Å²) in [6, 6.07) is 0. The quantitative estimate of drug-likeness (QED) is 0.721. The van der Waals surface area contributed by atoms with Crippen LogP contribution >= 0.6 is 0 Å². The highest BCUT2D eigenvalue weighted by atomic mass is 16.5. The lowest BCUT2D eigenvalue weighted by Gasteiger charge is -2.65. The number of fused-ring (bicyclic) bond motifs is 1. The summed E-state index contributed by atoms with van der Waals surface area (Å²) in [7, 11) is 1.84. The van der Waals surface area contributed by atoms with Gasteiger partial charge in [0, 0.05) is 38.1 Å². The number of ether oxygens (including phenoxy) is 1. The fraction of sp³-hybridized carbons (Fsp3) is 0.938. The molecular weight excluding hydrogens is 268 g/mol. The molecule has 1 aliphatic heterocycles. The molecule has 2 aliphatic rings. The molecule has 0 aromatic rings. The van der Waals surface area contributed by atoms with E-state index in [-0.39, 0.29) is 30.0 Å². The Balaban J connectivity index is 1.99. The summed E-state index contributed by atoms with van der Waals surface area (Å²) in [6.45, 7) is 5.80. The Kier molecular flexibility index (Phi) is 4.96. The smallest absolute Gasteiger partial charge is 0.243 e. The number of carbonyl (C=O) groups excluding carboxylic acids is 1. The van der Waals surface area contributed by atoms with Gasteiger partial charge in [0.15, 0.2) is 0 Å². The Bertz CT molecular complexity index is 386. The summed E-state index contributed by atoms with van der Waals surface area (Å²) in [5.74, 6) is 0.192. The number of likely N-dealkylation sites (N-methyl/N-ethyl adjacent to an activating group) is 1. The molecule has 3 atom stereocenters. The summed E-state index contributed by atoms with van der Waals surface area (Å²) in [4.78, 5) is 14.6. The summed E-state index contributed by atoms with van der Waals surface area (Å²) in [5.41, 5.74) is 5.49. The molecule has 5 nitrogen and oxygen atoms in total. The van der Waals surface area contributed by atoms with Gasteiger partial charge in [0.1, 0.15) is 5.54 Å². The predicted octanol–water partition coefficient (Wildman–Crippen LogP) is 1.14. The third-order valence-corrected chi connectivity index (χ3v) is 5.54. The van der Waals surface area contributed by atoms with Crippen molar-refractivity contribution >= 4 is 5.91 Å². The van der Waals surface area contributed by atoms with Gasteiger partial charge in [0.05, 0.1) is 6.10 Å². The zero-order chi connectivity index (χ0) is 15.7. The Hall–Kier alpha value is -0.650. The molecule has 1 aliphatic carbocycles. The number of unbranched alkanes of at least 4 members (excludes halogenated alkanes) is 2. The van der Waals surface area contributed by atoms with Gasteiger partial charge < -0.3 is 20.5 Å². The first-order chi connectivity index (χ1) is 9.87. The first-order valence-electron chi connectivity index (χ1n) is 8.14. The van der Waals surface area contributed by atoms with Crippen LogP contribution in [0.2, 0.25) is 0 Å². The highest BCUT2D eigenvalue weighted by Crippen LogP contribution is 2.57. The van der Waals surface area contributed by atoms with Crippen LogP contribution in [-0.4, -0.2) is 54.4 Å². The van der Waals surface area contributed by atoms with E-state index in [0.717, 1.165) is 38.7 Å². The minimum atomic E-state index is -0.802. The van der Waals surface area contributed by atoms with Crippen LogP contribution in [-0.2, 0) is 9.53 Å². The van der Waals surface area contributed by atoms with E-state index in [1.165, 1.54) is 0 Å². The van der Waals surface area contributed by atoms with Crippen molar-refractivity contribution in [3.05, 3.63) is 0 Å². The van der Waals surface area contributed by atoms with Crippen LogP contribution < -0.4 is 5.73 Å². The minimum absolute atomic E-state index is 0.0447. The van der Waals surface area contributed by atoms with Gasteiger partial charge in [0.25, 0.3) is 0 Å². The molecule has 0 spiro atoms. The number of carbonyl (C=O) groups is 1. The number of amides is 1. The van der Waals surface area contributed by atoms with Gasteiger partial charge in [-0.3, -0.25) is 4.79 Å². The highest BCUT2D eigenvalue weighted by molar-refractivity contribution is 5.89. The van der Waals surface area contributed by atoms with Crippen LogP contribution in [0.25, 0.3) is 0 Å². The summed E-state index contributed by atoms with van der Waals surface area (Å²) < 4.78 is 5.85. The molecular formula is C16H30N2O3. The fourth-order valence-corrected chi connectivity index (χ4v) is 4.06. The van der Waals surface area contributed by atoms with E-state index in [1.807, 2.05) is 7.05 Å². The van der Waals surface area contributed by atoms with Crippen LogP contribution in [0.15, 0.2) is 0 Å². The molecule has 0 aromatic carbocycles. The molecule has 1 heterocycles. The molecule has 1 saturated heterocycles. The van der Waals surface area contributed by atoms with Crippen molar-refractivity contribution < 1.29 is 14.6 Å². The topological polar surface area (TPSA) is 75.8 Å². The van der Waals surface area contributed by atoms with Crippen molar-refractivity contribution in [2.75, 3.05) is 26.8 Å². The van der Waals surface area contributed by atoms with E-state index in [1.54, 1.807) is 4.90 Å². The zero-order valence-electron chi connectivity index (χ0n) is 13.6. The summed E-state index contributed by atoms with van der Waals surface area (Å²) >= 11 is 0. The van der Waals surface area contributed by atoms with Crippen LogP contribution in [0.1, 0.15) is 46.0 Å². The lowest BCUT2D eigenvalue weighted by molar-refractivity contribution is -0.229. The average molecular weight is 298 g/mol. The molecule has 21 heavy (non-hydrogen) atoms. The minimum Gasteiger partial charge on any atom is -0.396 e. The van der Waals surface area contributed by atoms with Crippen molar-refractivity contribution in [1.29, 1.82) is 0 Å². The maximum absolute atomic E-state index is 12.9. The molecule has 1 saturated carbocycles. The summed E-state index contributed by atoms with van der Waals surface area (Å²) in [6.07, 6.45) is 4.72. The van der Waals surface area contributed by atoms with Crippen LogP contribution in [0.3, 0.4) is 0 Å². The van der Waals surface area contributed by atoms with Gasteiger partial charge in [-0.15, -0.1) is 0 Å². The predicted molar refractivity (Wildman–Crippen MR) is 81.7 cm³/mol. The van der Waals surface area contributed by atoms with Gasteiger partial charge in [-0.2, -0.15) is 0 Å². The molecule has 0 bridgehead atoms. The molecule has 3 N–H and O–H groups in total. The van der Waals surface area contributed by atoms with E-state index in [4.69, 9.17) is 15.6 Å². The molecule has 122 valence electrons. The maximum Gasteiger partial charge on any atom is 0.243 e. The molecule has 3 unspecified atom stereocenters. The Morgan fingerprint density at radius 1 is 1.38 bits per heavy atom. The van der Waals surface area contributed by atoms with Crippen molar-refractivity contribution in [2.45, 2.75) is 57.6 Å². The van der Waals surface area contributed by atoms with E-state index in [2.05, 4.69) is 13.8 Å². The third kappa shape index (κ3) is 2.60. The first kappa shape index (κ1) is 16.7. The summed E-state index contributed by atoms with van der Waals surface area (Å²) in [5, 5.41) is 8.80. The normalized spacial score (nSPS) is 34.0. The third-order valence-electron chi connectivity index (χ3n) is 5.54. The molecule has 0 radical (unpaired) electrons. The molecule has 5 heteroatoms. The lowest BCUT2D eigenvalue weighted by Crippen LogP contribution is -2.82. The Morgan fingerprint density at radius 2 is 2.10 bits per heavy atom. The number of nitrogens with two attached hydrogens (primary N) is 1. The second-order valence-corrected chi connectivity index (χ2v) is 7.14. The SMILES string of the molecule is CN(CCCCCO)C(=O)C1(N)C2CCCOC2C1(C)C. The zero-order valence-corrected chi connectivity index (χ0v) is 13.6. The van der Waals surface area contributed by atoms with E-state index >= 15 is 0 Å². The van der Waals surface area contributed by atoms with Crippen LogP contribution in [0.5, 0.6) is 0 Å². The van der Waals surface area contributed by atoms with Crippen molar-refractivity contribution in [2.24, 2.45) is 17.1 Å². The average Bonchev–Trinajstić information content (AvgIpc) is 2.49. The van der Waals surface area contributed by atoms with Gasteiger partial charge >= 0.3 is 0 Å². The number of aliphatic hydroxyl groups is 1. The number of rotatable bonds is 6. The monoisotopic (exact) mass is 298 g/mol. The highest BCUT2D eigenvalue weighted by Gasteiger charge is 2.70. The van der Waals surface area contributed by atoms with Crippen LogP contribution in [0, 0.1) is 11.3 Å². The van der Waals surface area contributed by atoms with E-state index < -0.39 is 5.54 Å². The van der Waals surface area contributed by atoms with Crippen molar-refractivity contribution in [3.63, 3.8) is 0 Å². The van der Waals surface area contributed by atoms with Gasteiger partial charge in [-0.25, -0.2) is 0 Å².